The van der Waals surface area contributed by atoms with Crippen molar-refractivity contribution in [2.45, 2.75) is 64.3 Å². The summed E-state index contributed by atoms with van der Waals surface area (Å²) in [5.41, 5.74) is 10.1. The Balaban J connectivity index is 0.00000138. The normalized spacial score (nSPS) is 21.2. The maximum absolute atomic E-state index is 12.3. The van der Waals surface area contributed by atoms with Gasteiger partial charge in [-0.2, -0.15) is 0 Å². The van der Waals surface area contributed by atoms with Crippen LogP contribution in [0.5, 0.6) is 5.88 Å². The maximum Gasteiger partial charge on any atom is 0.237 e. The van der Waals surface area contributed by atoms with Crippen molar-refractivity contribution in [1.29, 1.82) is 0 Å². The van der Waals surface area contributed by atoms with Gasteiger partial charge in [-0.15, -0.1) is 0 Å². The van der Waals surface area contributed by atoms with Crippen LogP contribution in [0.1, 0.15) is 61.6 Å². The van der Waals surface area contributed by atoms with Gasteiger partial charge in [0, 0.05) is 55.6 Å². The molecular weight excluding hydrogens is 733 g/mol. The monoisotopic (exact) mass is 788 g/mol. The summed E-state index contributed by atoms with van der Waals surface area (Å²) in [5, 5.41) is 9.36. The quantitative estimate of drug-likeness (QED) is 0.231. The van der Waals surface area contributed by atoms with Gasteiger partial charge in [-0.1, -0.05) is 36.9 Å². The number of allylic oxidation sites excluding steroid dienone is 1. The lowest BCUT2D eigenvalue weighted by atomic mass is 9.88. The van der Waals surface area contributed by atoms with Gasteiger partial charge in [-0.3, -0.25) is 19.8 Å². The number of amides is 2. The third kappa shape index (κ3) is 9.64. The number of likely N-dealkylation sites (tertiary alicyclic amines) is 1. The molecule has 0 aliphatic carbocycles. The first-order chi connectivity index (χ1) is 28.3. The molecule has 306 valence electrons. The number of hydrogen-bond donors (Lipinski definition) is 3. The van der Waals surface area contributed by atoms with Gasteiger partial charge >= 0.3 is 0 Å². The van der Waals surface area contributed by atoms with E-state index in [1.54, 1.807) is 0 Å². The lowest BCUT2D eigenvalue weighted by molar-refractivity contribution is -0.134. The van der Waals surface area contributed by atoms with Crippen molar-refractivity contribution < 1.29 is 23.9 Å². The van der Waals surface area contributed by atoms with Crippen molar-refractivity contribution in [3.63, 3.8) is 0 Å². The standard InChI is InChI=1S/C43H52N8O3.2CH2O/c1-4-32-17-21-50(39-24-45-43-41(28(39)2)44-18-22-54-43)27-38(32)47-29(3)46-34-9-5-30(6-10-34)23-31-15-19-49(20-16-31)36-25-51(26-36)35-11-7-33(8-12-35)37-13-14-40(52)48-42(37)53;2*1-2/h4-12,24,31,36-37,44,46H,3,13-23,25-27H2,1-2H3,(H,48,52,53);2*1H2/b32-4-,47-38-;;. The Bertz CT molecular complexity index is 1980. The molecule has 3 aromatic rings. The summed E-state index contributed by atoms with van der Waals surface area (Å²) in [4.78, 5) is 56.8. The minimum absolute atomic E-state index is 0.170. The summed E-state index contributed by atoms with van der Waals surface area (Å²) < 4.78 is 5.75. The van der Waals surface area contributed by atoms with Crippen molar-refractivity contribution in [2.75, 3.05) is 72.9 Å². The second-order valence-electron chi connectivity index (χ2n) is 15.4. The number of nitrogens with zero attached hydrogens (tertiary/aromatic N) is 5. The van der Waals surface area contributed by atoms with E-state index in [1.165, 1.54) is 29.7 Å². The summed E-state index contributed by atoms with van der Waals surface area (Å²) in [7, 11) is 0. The van der Waals surface area contributed by atoms with E-state index in [2.05, 4.69) is 111 Å². The summed E-state index contributed by atoms with van der Waals surface area (Å²) in [6, 6.07) is 17.7. The molecular formula is C45H56N8O5. The lowest BCUT2D eigenvalue weighted by Crippen LogP contribution is -2.61. The number of rotatable bonds is 9. The molecule has 3 N–H and O–H groups in total. The van der Waals surface area contributed by atoms with Gasteiger partial charge in [0.2, 0.25) is 17.7 Å². The van der Waals surface area contributed by atoms with Gasteiger partial charge in [0.05, 0.1) is 30.1 Å². The third-order valence-corrected chi connectivity index (χ3v) is 11.9. The number of nitrogens with one attached hydrogen (secondary N) is 3. The average molecular weight is 789 g/mol. The van der Waals surface area contributed by atoms with Crippen molar-refractivity contribution in [2.24, 2.45) is 10.9 Å². The molecule has 2 amide bonds. The molecule has 0 bridgehead atoms. The molecule has 58 heavy (non-hydrogen) atoms. The summed E-state index contributed by atoms with van der Waals surface area (Å²) in [6.07, 6.45) is 9.56. The molecule has 13 heteroatoms. The molecule has 4 fully saturated rings. The SMILES string of the molecule is C=C(/N=C1/CN(c2cnc3c(c2C)NCCO3)CC/C1=C/C)Nc1ccc(CC2CCN(C3CN(c4ccc(C5CCC(=O)NC5=O)cc4)C3)CC2)cc1.C=O.C=O. The molecule has 0 saturated carbocycles. The lowest BCUT2D eigenvalue weighted by Gasteiger charge is -2.48. The van der Waals surface area contributed by atoms with Crippen LogP contribution in [0, 0.1) is 12.8 Å². The van der Waals surface area contributed by atoms with Crippen molar-refractivity contribution in [3.05, 3.63) is 95.5 Å². The Morgan fingerprint density at radius 1 is 0.966 bits per heavy atom. The van der Waals surface area contributed by atoms with Crippen LogP contribution in [0.4, 0.5) is 22.7 Å². The fourth-order valence-electron chi connectivity index (χ4n) is 8.68. The summed E-state index contributed by atoms with van der Waals surface area (Å²) in [5.74, 6) is 1.44. The van der Waals surface area contributed by atoms with Gasteiger partial charge < -0.3 is 34.8 Å². The Morgan fingerprint density at radius 2 is 1.69 bits per heavy atom. The first-order valence-corrected chi connectivity index (χ1v) is 20.2. The Hall–Kier alpha value is -5.82. The van der Waals surface area contributed by atoms with Crippen LogP contribution in [-0.2, 0) is 25.6 Å². The largest absolute Gasteiger partial charge is 0.474 e. The first kappa shape index (κ1) is 41.8. The van der Waals surface area contributed by atoms with Gasteiger partial charge in [-0.05, 0) is 106 Å². The van der Waals surface area contributed by atoms with Crippen LogP contribution in [0.25, 0.3) is 0 Å². The van der Waals surface area contributed by atoms with Crippen LogP contribution in [0.3, 0.4) is 0 Å². The van der Waals surface area contributed by atoms with E-state index in [0.717, 1.165) is 86.0 Å². The second-order valence-corrected chi connectivity index (χ2v) is 15.4. The molecule has 5 aliphatic heterocycles. The van der Waals surface area contributed by atoms with Crippen molar-refractivity contribution >= 4 is 53.9 Å². The Kier molecular flexibility index (Phi) is 14.1. The van der Waals surface area contributed by atoms with Crippen LogP contribution in [0.2, 0.25) is 0 Å². The zero-order valence-electron chi connectivity index (χ0n) is 33.8. The molecule has 13 nitrogen and oxygen atoms in total. The fraction of sp³-hybridized carbons (Fsp3) is 0.422. The van der Waals surface area contributed by atoms with Crippen molar-refractivity contribution in [3.8, 4) is 5.88 Å². The number of benzene rings is 2. The molecule has 2 aromatic carbocycles. The van der Waals surface area contributed by atoms with Gasteiger partial charge in [0.25, 0.3) is 0 Å². The summed E-state index contributed by atoms with van der Waals surface area (Å²) in [6.45, 7) is 19.9. The zero-order chi connectivity index (χ0) is 41.2. The van der Waals surface area contributed by atoms with Crippen LogP contribution in [-0.4, -0.2) is 99.5 Å². The van der Waals surface area contributed by atoms with Crippen LogP contribution in [0.15, 0.2) is 83.8 Å². The van der Waals surface area contributed by atoms with Crippen molar-refractivity contribution in [1.82, 2.24) is 15.2 Å². The highest BCUT2D eigenvalue weighted by molar-refractivity contribution is 6.05. The summed E-state index contributed by atoms with van der Waals surface area (Å²) >= 11 is 0. The number of aliphatic imine (C=N–C) groups is 1. The van der Waals surface area contributed by atoms with E-state index in [4.69, 9.17) is 19.3 Å². The smallest absolute Gasteiger partial charge is 0.237 e. The molecule has 1 atom stereocenters. The number of carbonyl (C=O) groups excluding carboxylic acids is 4. The van der Waals surface area contributed by atoms with Gasteiger partial charge in [-0.25, -0.2) is 9.98 Å². The number of imide groups is 1. The van der Waals surface area contributed by atoms with Crippen LogP contribution >= 0.6 is 0 Å². The number of piperidine rings is 3. The molecule has 0 spiro atoms. The van der Waals surface area contributed by atoms with Crippen LogP contribution < -0.4 is 30.5 Å². The molecule has 1 aromatic heterocycles. The molecule has 4 saturated heterocycles. The highest BCUT2D eigenvalue weighted by Crippen LogP contribution is 2.36. The number of fused-ring (bicyclic) bond motifs is 1. The fourth-order valence-corrected chi connectivity index (χ4v) is 8.68. The topological polar surface area (TPSA) is 149 Å². The second kappa shape index (κ2) is 19.6. The van der Waals surface area contributed by atoms with E-state index in [9.17, 15) is 9.59 Å². The number of hydrogen-bond acceptors (Lipinski definition) is 12. The van der Waals surface area contributed by atoms with E-state index in [0.29, 0.717) is 49.7 Å². The molecule has 5 aliphatic rings. The first-order valence-electron chi connectivity index (χ1n) is 20.2. The average Bonchev–Trinajstić information content (AvgIpc) is 3.24. The Morgan fingerprint density at radius 3 is 2.38 bits per heavy atom. The molecule has 1 unspecified atom stereocenters. The third-order valence-electron chi connectivity index (χ3n) is 11.9. The maximum atomic E-state index is 12.3. The number of anilines is 4. The van der Waals surface area contributed by atoms with E-state index in [-0.39, 0.29) is 17.7 Å². The van der Waals surface area contributed by atoms with E-state index < -0.39 is 0 Å². The highest BCUT2D eigenvalue weighted by Gasteiger charge is 2.35. The minimum Gasteiger partial charge on any atom is -0.474 e. The van der Waals surface area contributed by atoms with E-state index >= 15 is 0 Å². The minimum atomic E-state index is -0.230. The predicted octanol–water partition coefficient (Wildman–Crippen LogP) is 5.67. The number of aromatic nitrogens is 1. The number of ether oxygens (including phenoxy) is 1. The number of carbonyl (C=O) groups is 4. The molecule has 0 radical (unpaired) electrons. The zero-order valence-corrected chi connectivity index (χ0v) is 33.8. The highest BCUT2D eigenvalue weighted by atomic mass is 16.5. The predicted molar refractivity (Wildman–Crippen MR) is 230 cm³/mol. The Labute approximate surface area is 341 Å². The molecule has 8 rings (SSSR count). The van der Waals surface area contributed by atoms with Gasteiger partial charge in [0.1, 0.15) is 31.7 Å². The van der Waals surface area contributed by atoms with E-state index in [1.807, 2.05) is 19.8 Å². The molecule has 6 heterocycles. The van der Waals surface area contributed by atoms with Gasteiger partial charge in [0.15, 0.2) is 0 Å². The number of pyridine rings is 1.